The Balaban J connectivity index is 1.54. The number of halogens is 1. The summed E-state index contributed by atoms with van der Waals surface area (Å²) in [6.07, 6.45) is 0.680. The van der Waals surface area contributed by atoms with Crippen molar-refractivity contribution in [3.63, 3.8) is 0 Å². The van der Waals surface area contributed by atoms with Crippen LogP contribution in [-0.4, -0.2) is 29.2 Å². The Morgan fingerprint density at radius 3 is 2.17 bits per heavy atom. The van der Waals surface area contributed by atoms with Crippen molar-refractivity contribution >= 4 is 46.0 Å². The van der Waals surface area contributed by atoms with Gasteiger partial charge in [-0.2, -0.15) is 0 Å². The predicted molar refractivity (Wildman–Crippen MR) is 98.8 cm³/mol. The van der Waals surface area contributed by atoms with Crippen LogP contribution in [0.1, 0.15) is 33.6 Å². The number of nitrogens with one attached hydrogen (secondary N) is 1. The van der Waals surface area contributed by atoms with E-state index in [9.17, 15) is 14.4 Å². The summed E-state index contributed by atoms with van der Waals surface area (Å²) < 4.78 is 0.962. The Labute approximate surface area is 153 Å². The van der Waals surface area contributed by atoms with Crippen LogP contribution in [0.15, 0.2) is 48.5 Å². The van der Waals surface area contributed by atoms with Gasteiger partial charge < -0.3 is 5.32 Å². The number of carbonyl (C=O) groups excluding carboxylic acids is 3. The summed E-state index contributed by atoms with van der Waals surface area (Å²) in [5.74, 6) is -0.696. The molecule has 3 amide bonds. The molecule has 0 aliphatic carbocycles. The minimum absolute atomic E-state index is 0.129. The molecular formula is C18H15IN2O3. The van der Waals surface area contributed by atoms with Gasteiger partial charge in [-0.25, -0.2) is 0 Å². The molecule has 3 rings (SSSR count). The lowest BCUT2D eigenvalue weighted by atomic mass is 10.1. The quantitative estimate of drug-likeness (QED) is 0.580. The molecule has 1 aliphatic heterocycles. The summed E-state index contributed by atoms with van der Waals surface area (Å²) in [4.78, 5) is 37.7. The van der Waals surface area contributed by atoms with E-state index in [2.05, 4.69) is 27.9 Å². The van der Waals surface area contributed by atoms with E-state index >= 15 is 0 Å². The standard InChI is InChI=1S/C18H15IN2O3/c19-14-8-3-4-9-15(14)20-16(22)10-5-11-21-17(23)12-6-1-2-7-13(12)18(21)24/h1-4,6-9H,5,10-11H2,(H,20,22). The number of anilines is 1. The molecule has 6 heteroatoms. The number of nitrogens with zero attached hydrogens (tertiary/aromatic N) is 1. The molecule has 24 heavy (non-hydrogen) atoms. The molecule has 2 aromatic rings. The molecule has 0 atom stereocenters. The van der Waals surface area contributed by atoms with Crippen molar-refractivity contribution < 1.29 is 14.4 Å². The second kappa shape index (κ2) is 7.12. The summed E-state index contributed by atoms with van der Waals surface area (Å²) in [5, 5.41) is 2.84. The highest BCUT2D eigenvalue weighted by Gasteiger charge is 2.34. The Bertz CT molecular complexity index is 784. The van der Waals surface area contributed by atoms with Crippen LogP contribution in [0.3, 0.4) is 0 Å². The monoisotopic (exact) mass is 434 g/mol. The molecule has 0 fully saturated rings. The lowest BCUT2D eigenvalue weighted by Gasteiger charge is -2.13. The summed E-state index contributed by atoms with van der Waals surface area (Å²) in [6, 6.07) is 14.3. The molecule has 5 nitrogen and oxygen atoms in total. The van der Waals surface area contributed by atoms with Crippen LogP contribution in [0.5, 0.6) is 0 Å². The van der Waals surface area contributed by atoms with Crippen LogP contribution in [0.4, 0.5) is 5.69 Å². The smallest absolute Gasteiger partial charge is 0.261 e. The number of hydrogen-bond acceptors (Lipinski definition) is 3. The number of benzene rings is 2. The lowest BCUT2D eigenvalue weighted by molar-refractivity contribution is -0.116. The van der Waals surface area contributed by atoms with Crippen LogP contribution in [-0.2, 0) is 4.79 Å². The number of hydrogen-bond donors (Lipinski definition) is 1. The van der Waals surface area contributed by atoms with E-state index in [0.717, 1.165) is 9.26 Å². The highest BCUT2D eigenvalue weighted by Crippen LogP contribution is 2.23. The van der Waals surface area contributed by atoms with Crippen LogP contribution in [0, 0.1) is 3.57 Å². The average molecular weight is 434 g/mol. The third kappa shape index (κ3) is 3.33. The van der Waals surface area contributed by atoms with E-state index < -0.39 is 0 Å². The second-order valence-electron chi connectivity index (χ2n) is 5.44. The van der Waals surface area contributed by atoms with E-state index in [1.165, 1.54) is 4.90 Å². The first-order chi connectivity index (χ1) is 11.6. The zero-order valence-electron chi connectivity index (χ0n) is 12.8. The van der Waals surface area contributed by atoms with Crippen LogP contribution >= 0.6 is 22.6 Å². The van der Waals surface area contributed by atoms with E-state index in [1.807, 2.05) is 24.3 Å². The number of rotatable bonds is 5. The number of imide groups is 1. The number of carbonyl (C=O) groups is 3. The number of fused-ring (bicyclic) bond motifs is 1. The topological polar surface area (TPSA) is 66.5 Å². The van der Waals surface area contributed by atoms with Gasteiger partial charge in [-0.05, 0) is 53.3 Å². The zero-order chi connectivity index (χ0) is 17.1. The molecule has 1 N–H and O–H groups in total. The third-order valence-corrected chi connectivity index (χ3v) is 4.75. The fourth-order valence-corrected chi connectivity index (χ4v) is 3.14. The van der Waals surface area contributed by atoms with Crippen LogP contribution < -0.4 is 5.32 Å². The molecule has 122 valence electrons. The molecule has 0 unspecified atom stereocenters. The first-order valence-electron chi connectivity index (χ1n) is 7.57. The average Bonchev–Trinajstić information content (AvgIpc) is 2.82. The molecule has 1 heterocycles. The van der Waals surface area contributed by atoms with Crippen LogP contribution in [0.25, 0.3) is 0 Å². The van der Waals surface area contributed by atoms with Crippen molar-refractivity contribution in [2.45, 2.75) is 12.8 Å². The molecule has 2 aromatic carbocycles. The van der Waals surface area contributed by atoms with Gasteiger partial charge in [0.05, 0.1) is 16.8 Å². The summed E-state index contributed by atoms with van der Waals surface area (Å²) in [6.45, 7) is 0.242. The minimum Gasteiger partial charge on any atom is -0.325 e. The molecule has 0 saturated carbocycles. The largest absolute Gasteiger partial charge is 0.325 e. The van der Waals surface area contributed by atoms with Crippen molar-refractivity contribution in [1.29, 1.82) is 0 Å². The van der Waals surface area contributed by atoms with Gasteiger partial charge in [0.1, 0.15) is 0 Å². The van der Waals surface area contributed by atoms with Crippen molar-refractivity contribution in [2.24, 2.45) is 0 Å². The third-order valence-electron chi connectivity index (χ3n) is 3.81. The zero-order valence-corrected chi connectivity index (χ0v) is 14.9. The van der Waals surface area contributed by atoms with Gasteiger partial charge in [0, 0.05) is 16.5 Å². The minimum atomic E-state index is -0.284. The maximum Gasteiger partial charge on any atom is 0.261 e. The summed E-state index contributed by atoms with van der Waals surface area (Å²) >= 11 is 2.16. The predicted octanol–water partition coefficient (Wildman–Crippen LogP) is 3.31. The Morgan fingerprint density at radius 2 is 1.54 bits per heavy atom. The van der Waals surface area contributed by atoms with Crippen molar-refractivity contribution in [3.8, 4) is 0 Å². The van der Waals surface area contributed by atoms with Gasteiger partial charge in [-0.15, -0.1) is 0 Å². The Hall–Kier alpha value is -2.22. The van der Waals surface area contributed by atoms with E-state index in [4.69, 9.17) is 0 Å². The number of para-hydroxylation sites is 1. The molecule has 0 saturated heterocycles. The molecule has 1 aliphatic rings. The van der Waals surface area contributed by atoms with Crippen molar-refractivity contribution in [1.82, 2.24) is 4.90 Å². The van der Waals surface area contributed by atoms with Crippen molar-refractivity contribution in [2.75, 3.05) is 11.9 Å². The van der Waals surface area contributed by atoms with Gasteiger partial charge in [-0.3, -0.25) is 19.3 Å². The maximum absolute atomic E-state index is 12.2. The molecule has 0 bridgehead atoms. The summed E-state index contributed by atoms with van der Waals surface area (Å²) in [5.41, 5.74) is 1.64. The second-order valence-corrected chi connectivity index (χ2v) is 6.60. The van der Waals surface area contributed by atoms with E-state index in [1.54, 1.807) is 24.3 Å². The van der Waals surface area contributed by atoms with E-state index in [0.29, 0.717) is 17.5 Å². The molecular weight excluding hydrogens is 419 g/mol. The van der Waals surface area contributed by atoms with Gasteiger partial charge in [0.15, 0.2) is 0 Å². The molecule has 0 radical (unpaired) electrons. The Morgan fingerprint density at radius 1 is 0.958 bits per heavy atom. The van der Waals surface area contributed by atoms with Gasteiger partial charge >= 0.3 is 0 Å². The highest BCUT2D eigenvalue weighted by molar-refractivity contribution is 14.1. The highest BCUT2D eigenvalue weighted by atomic mass is 127. The van der Waals surface area contributed by atoms with Gasteiger partial charge in [0.25, 0.3) is 11.8 Å². The van der Waals surface area contributed by atoms with Crippen molar-refractivity contribution in [3.05, 3.63) is 63.2 Å². The van der Waals surface area contributed by atoms with E-state index in [-0.39, 0.29) is 30.7 Å². The molecule has 0 spiro atoms. The maximum atomic E-state index is 12.2. The Kier molecular flexibility index (Phi) is 4.94. The fraction of sp³-hybridized carbons (Fsp3) is 0.167. The van der Waals surface area contributed by atoms with Crippen LogP contribution in [0.2, 0.25) is 0 Å². The normalized spacial score (nSPS) is 13.1. The lowest BCUT2D eigenvalue weighted by Crippen LogP contribution is -2.31. The SMILES string of the molecule is O=C(CCCN1C(=O)c2ccccc2C1=O)Nc1ccccc1I. The first-order valence-corrected chi connectivity index (χ1v) is 8.65. The number of amides is 3. The first kappa shape index (κ1) is 16.6. The fourth-order valence-electron chi connectivity index (χ4n) is 2.62. The summed E-state index contributed by atoms with van der Waals surface area (Å²) in [7, 11) is 0. The van der Waals surface area contributed by atoms with Gasteiger partial charge in [0.2, 0.25) is 5.91 Å². The van der Waals surface area contributed by atoms with Gasteiger partial charge in [-0.1, -0.05) is 24.3 Å². The molecule has 0 aromatic heterocycles.